The third-order valence-corrected chi connectivity index (χ3v) is 2.70. The van der Waals surface area contributed by atoms with Crippen molar-refractivity contribution in [3.63, 3.8) is 0 Å². The first-order valence-electron chi connectivity index (χ1n) is 6.48. The number of aromatic nitrogens is 5. The Morgan fingerprint density at radius 3 is 2.33 bits per heavy atom. The Kier molecular flexibility index (Phi) is 4.22. The van der Waals surface area contributed by atoms with Crippen LogP contribution in [-0.4, -0.2) is 30.8 Å². The molecule has 0 aliphatic rings. The fourth-order valence-corrected chi connectivity index (χ4v) is 1.70. The summed E-state index contributed by atoms with van der Waals surface area (Å²) in [5.74, 6) is 6.11. The summed E-state index contributed by atoms with van der Waals surface area (Å²) >= 11 is 0. The average molecular weight is 293 g/mol. The maximum Gasteiger partial charge on any atom is 0.330 e. The van der Waals surface area contributed by atoms with Gasteiger partial charge in [-0.2, -0.15) is 15.1 Å². The SMILES string of the molecule is Cc1nn(C)c(C)c1Oc1nc(NN)nc(OC(C)C)n1. The molecule has 9 heteroatoms. The second-order valence-corrected chi connectivity index (χ2v) is 4.76. The molecule has 0 aliphatic heterocycles. The normalized spacial score (nSPS) is 10.8. The highest BCUT2D eigenvalue weighted by molar-refractivity contribution is 5.35. The third kappa shape index (κ3) is 3.37. The molecule has 0 amide bonds. The summed E-state index contributed by atoms with van der Waals surface area (Å²) < 4.78 is 12.9. The van der Waals surface area contributed by atoms with Crippen LogP contribution in [0.1, 0.15) is 25.2 Å². The molecule has 0 aromatic carbocycles. The van der Waals surface area contributed by atoms with Crippen molar-refractivity contribution >= 4 is 5.95 Å². The van der Waals surface area contributed by atoms with Crippen molar-refractivity contribution in [3.8, 4) is 17.8 Å². The van der Waals surface area contributed by atoms with E-state index in [9.17, 15) is 0 Å². The van der Waals surface area contributed by atoms with Gasteiger partial charge in [0.25, 0.3) is 0 Å². The van der Waals surface area contributed by atoms with E-state index in [0.717, 1.165) is 11.4 Å². The first-order valence-corrected chi connectivity index (χ1v) is 6.48. The van der Waals surface area contributed by atoms with E-state index in [1.54, 1.807) is 4.68 Å². The number of hydrogen-bond acceptors (Lipinski definition) is 8. The van der Waals surface area contributed by atoms with E-state index in [2.05, 4.69) is 25.5 Å². The largest absolute Gasteiger partial charge is 0.461 e. The van der Waals surface area contributed by atoms with Gasteiger partial charge in [0.05, 0.1) is 11.8 Å². The predicted molar refractivity (Wildman–Crippen MR) is 76.2 cm³/mol. The van der Waals surface area contributed by atoms with E-state index >= 15 is 0 Å². The van der Waals surface area contributed by atoms with Crippen molar-refractivity contribution in [2.75, 3.05) is 5.43 Å². The third-order valence-electron chi connectivity index (χ3n) is 2.70. The van der Waals surface area contributed by atoms with Crippen LogP contribution < -0.4 is 20.7 Å². The number of aryl methyl sites for hydroxylation is 2. The molecule has 2 heterocycles. The number of hydrogen-bond donors (Lipinski definition) is 2. The molecular formula is C12H19N7O2. The van der Waals surface area contributed by atoms with Crippen LogP contribution in [0.3, 0.4) is 0 Å². The molecule has 0 spiro atoms. The van der Waals surface area contributed by atoms with E-state index < -0.39 is 0 Å². The lowest BCUT2D eigenvalue weighted by atomic mass is 10.3. The number of nitrogens with two attached hydrogens (primary N) is 1. The van der Waals surface area contributed by atoms with Gasteiger partial charge >= 0.3 is 12.0 Å². The molecule has 0 radical (unpaired) electrons. The van der Waals surface area contributed by atoms with Crippen LogP contribution in [0.5, 0.6) is 17.8 Å². The monoisotopic (exact) mass is 293 g/mol. The van der Waals surface area contributed by atoms with Crippen molar-refractivity contribution in [3.05, 3.63) is 11.4 Å². The summed E-state index contributed by atoms with van der Waals surface area (Å²) in [5.41, 5.74) is 3.96. The topological polar surface area (TPSA) is 113 Å². The zero-order valence-electron chi connectivity index (χ0n) is 12.7. The van der Waals surface area contributed by atoms with Gasteiger partial charge in [-0.05, 0) is 27.7 Å². The number of nitrogens with zero attached hydrogens (tertiary/aromatic N) is 5. The van der Waals surface area contributed by atoms with Crippen molar-refractivity contribution in [2.24, 2.45) is 12.9 Å². The zero-order chi connectivity index (χ0) is 15.6. The molecule has 2 aromatic heterocycles. The number of nitrogens with one attached hydrogen (secondary N) is 1. The van der Waals surface area contributed by atoms with E-state index in [1.807, 2.05) is 34.7 Å². The molecule has 2 rings (SSSR count). The summed E-state index contributed by atoms with van der Waals surface area (Å²) in [6.07, 6.45) is -0.0762. The second kappa shape index (κ2) is 5.92. The van der Waals surface area contributed by atoms with Crippen LogP contribution >= 0.6 is 0 Å². The fourth-order valence-electron chi connectivity index (χ4n) is 1.70. The number of rotatable bonds is 5. The molecule has 0 aliphatic carbocycles. The van der Waals surface area contributed by atoms with Gasteiger partial charge in [0.2, 0.25) is 5.95 Å². The maximum absolute atomic E-state index is 5.70. The lowest BCUT2D eigenvalue weighted by Crippen LogP contribution is -2.15. The van der Waals surface area contributed by atoms with Gasteiger partial charge in [-0.3, -0.25) is 10.1 Å². The smallest absolute Gasteiger partial charge is 0.330 e. The molecule has 0 saturated carbocycles. The lowest BCUT2D eigenvalue weighted by molar-refractivity contribution is 0.218. The van der Waals surface area contributed by atoms with Crippen LogP contribution in [0, 0.1) is 13.8 Å². The zero-order valence-corrected chi connectivity index (χ0v) is 12.7. The lowest BCUT2D eigenvalue weighted by Gasteiger charge is -2.10. The number of ether oxygens (including phenoxy) is 2. The Hall–Kier alpha value is -2.42. The predicted octanol–water partition coefficient (Wildman–Crippen LogP) is 1.09. The van der Waals surface area contributed by atoms with Crippen LogP contribution in [0.15, 0.2) is 0 Å². The van der Waals surface area contributed by atoms with Crippen LogP contribution in [0.2, 0.25) is 0 Å². The van der Waals surface area contributed by atoms with E-state index in [4.69, 9.17) is 15.3 Å². The summed E-state index contributed by atoms with van der Waals surface area (Å²) in [7, 11) is 1.84. The quantitative estimate of drug-likeness (QED) is 0.622. The van der Waals surface area contributed by atoms with Crippen molar-refractivity contribution in [1.82, 2.24) is 24.7 Å². The maximum atomic E-state index is 5.70. The number of nitrogen functional groups attached to an aromatic ring is 1. The molecule has 2 aromatic rings. The molecule has 0 bridgehead atoms. The molecular weight excluding hydrogens is 274 g/mol. The van der Waals surface area contributed by atoms with Crippen LogP contribution in [-0.2, 0) is 7.05 Å². The van der Waals surface area contributed by atoms with Crippen LogP contribution in [0.4, 0.5) is 5.95 Å². The minimum absolute atomic E-state index is 0.0762. The molecule has 21 heavy (non-hydrogen) atoms. The highest BCUT2D eigenvalue weighted by atomic mass is 16.5. The summed E-state index contributed by atoms with van der Waals surface area (Å²) in [6.45, 7) is 7.48. The minimum Gasteiger partial charge on any atom is -0.461 e. The van der Waals surface area contributed by atoms with Gasteiger partial charge in [0, 0.05) is 7.05 Å². The van der Waals surface area contributed by atoms with Crippen molar-refractivity contribution < 1.29 is 9.47 Å². The highest BCUT2D eigenvalue weighted by Crippen LogP contribution is 2.27. The Bertz CT molecular complexity index is 639. The molecule has 0 saturated heterocycles. The number of anilines is 1. The molecule has 0 fully saturated rings. The molecule has 0 atom stereocenters. The van der Waals surface area contributed by atoms with Gasteiger partial charge in [-0.25, -0.2) is 5.84 Å². The summed E-state index contributed by atoms with van der Waals surface area (Å²) in [4.78, 5) is 12.2. The standard InChI is InChI=1S/C12H19N7O2/c1-6(2)20-11-14-10(17-13)15-12(16-11)21-9-7(3)18-19(5)8(9)4/h6H,13H2,1-5H3,(H,14,15,16,17). The van der Waals surface area contributed by atoms with Gasteiger partial charge in [0.1, 0.15) is 5.69 Å². The van der Waals surface area contributed by atoms with Gasteiger partial charge in [-0.15, -0.1) is 4.98 Å². The Balaban J connectivity index is 2.34. The van der Waals surface area contributed by atoms with Crippen molar-refractivity contribution in [2.45, 2.75) is 33.8 Å². The molecule has 0 unspecified atom stereocenters. The van der Waals surface area contributed by atoms with E-state index in [0.29, 0.717) is 5.75 Å². The average Bonchev–Trinajstić information content (AvgIpc) is 2.64. The Labute approximate surface area is 122 Å². The first kappa shape index (κ1) is 15.0. The van der Waals surface area contributed by atoms with Gasteiger partial charge in [0.15, 0.2) is 5.75 Å². The Morgan fingerprint density at radius 1 is 1.14 bits per heavy atom. The van der Waals surface area contributed by atoms with Crippen LogP contribution in [0.25, 0.3) is 0 Å². The fraction of sp³-hybridized carbons (Fsp3) is 0.500. The van der Waals surface area contributed by atoms with E-state index in [-0.39, 0.29) is 24.1 Å². The molecule has 9 nitrogen and oxygen atoms in total. The molecule has 114 valence electrons. The van der Waals surface area contributed by atoms with Gasteiger partial charge in [-0.1, -0.05) is 0 Å². The minimum atomic E-state index is -0.0762. The first-order chi connectivity index (χ1) is 9.90. The summed E-state index contributed by atoms with van der Waals surface area (Å²) in [5, 5.41) is 4.27. The second-order valence-electron chi connectivity index (χ2n) is 4.76. The highest BCUT2D eigenvalue weighted by Gasteiger charge is 2.16. The number of hydrazine groups is 1. The van der Waals surface area contributed by atoms with E-state index in [1.165, 1.54) is 0 Å². The molecule has 3 N–H and O–H groups in total. The van der Waals surface area contributed by atoms with Gasteiger partial charge < -0.3 is 9.47 Å². The van der Waals surface area contributed by atoms with Crippen molar-refractivity contribution in [1.29, 1.82) is 0 Å². The Morgan fingerprint density at radius 2 is 1.81 bits per heavy atom. The summed E-state index contributed by atoms with van der Waals surface area (Å²) in [6, 6.07) is 0.231.